The molecule has 0 aromatic heterocycles. The molecule has 0 heterocycles. The van der Waals surface area contributed by atoms with E-state index in [2.05, 4.69) is 10.6 Å². The number of rotatable bonds is 13. The van der Waals surface area contributed by atoms with Gasteiger partial charge in [0.2, 0.25) is 17.7 Å². The number of hydrogen-bond donors (Lipinski definition) is 5. The van der Waals surface area contributed by atoms with Crippen LogP contribution in [0.15, 0.2) is 0 Å². The van der Waals surface area contributed by atoms with Crippen molar-refractivity contribution in [3.63, 3.8) is 0 Å². The molecule has 9 nitrogen and oxygen atoms in total. The number of amides is 3. The molecule has 0 aromatic rings. The van der Waals surface area contributed by atoms with Crippen molar-refractivity contribution in [1.29, 1.82) is 0 Å². The van der Waals surface area contributed by atoms with Gasteiger partial charge in [0.25, 0.3) is 0 Å². The minimum atomic E-state index is -1.40. The summed E-state index contributed by atoms with van der Waals surface area (Å²) in [5.41, 5.74) is 11.4. The van der Waals surface area contributed by atoms with Gasteiger partial charge in [-0.3, -0.25) is 24.5 Å². The van der Waals surface area contributed by atoms with Crippen LogP contribution in [0.25, 0.3) is 0 Å². The highest BCUT2D eigenvalue weighted by molar-refractivity contribution is 7.98. The Hall–Kier alpha value is -1.65. The Labute approximate surface area is 158 Å². The predicted molar refractivity (Wildman–Crippen MR) is 100 cm³/mol. The van der Waals surface area contributed by atoms with Crippen molar-refractivity contribution >= 4 is 35.5 Å². The standard InChI is InChI=1S/C16H30N4O5S/c1-3-4-5-6-10(17)15(24)20-16(25)12(9-13(21)22)19-14(23)11(18)7-8-26-2/h10-12H,3-9,17-18H2,1-2H3,(H,19,23)(H,21,22)(H,20,24,25)/t10?,11-,12-/m0/s1. The fourth-order valence-electron chi connectivity index (χ4n) is 2.09. The highest BCUT2D eigenvalue weighted by atomic mass is 32.2. The first-order chi connectivity index (χ1) is 12.2. The molecule has 3 amide bonds. The van der Waals surface area contributed by atoms with Crippen molar-refractivity contribution in [3.8, 4) is 0 Å². The van der Waals surface area contributed by atoms with Crippen LogP contribution in [-0.4, -0.2) is 58.9 Å². The van der Waals surface area contributed by atoms with Crippen molar-refractivity contribution in [1.82, 2.24) is 10.6 Å². The van der Waals surface area contributed by atoms with Gasteiger partial charge < -0.3 is 21.9 Å². The molecule has 7 N–H and O–H groups in total. The van der Waals surface area contributed by atoms with Gasteiger partial charge in [0.1, 0.15) is 6.04 Å². The lowest BCUT2D eigenvalue weighted by molar-refractivity contribution is -0.142. The number of hydrogen-bond acceptors (Lipinski definition) is 7. The first kappa shape index (κ1) is 24.4. The minimum absolute atomic E-state index is 0.385. The number of nitrogens with one attached hydrogen (secondary N) is 2. The lowest BCUT2D eigenvalue weighted by atomic mass is 10.1. The number of carbonyl (C=O) groups excluding carboxylic acids is 3. The highest BCUT2D eigenvalue weighted by Crippen LogP contribution is 2.03. The molecule has 0 bridgehead atoms. The normalized spacial score (nSPS) is 14.2. The van der Waals surface area contributed by atoms with E-state index in [0.29, 0.717) is 18.6 Å². The smallest absolute Gasteiger partial charge is 0.305 e. The number of aliphatic carboxylic acids is 1. The number of carboxylic acids is 1. The average molecular weight is 391 g/mol. The average Bonchev–Trinajstić information content (AvgIpc) is 2.58. The van der Waals surface area contributed by atoms with Gasteiger partial charge in [-0.15, -0.1) is 0 Å². The third kappa shape index (κ3) is 10.4. The Morgan fingerprint density at radius 3 is 2.15 bits per heavy atom. The molecule has 0 saturated carbocycles. The molecule has 0 radical (unpaired) electrons. The number of thioether (sulfide) groups is 1. The number of carboxylic acid groups (broad SMARTS) is 1. The fourth-order valence-corrected chi connectivity index (χ4v) is 2.57. The summed E-state index contributed by atoms with van der Waals surface area (Å²) in [6.45, 7) is 2.01. The van der Waals surface area contributed by atoms with Crippen LogP contribution in [0.2, 0.25) is 0 Å². The first-order valence-electron chi connectivity index (χ1n) is 8.59. The monoisotopic (exact) mass is 390 g/mol. The zero-order valence-electron chi connectivity index (χ0n) is 15.3. The van der Waals surface area contributed by atoms with Crippen molar-refractivity contribution < 1.29 is 24.3 Å². The number of imide groups is 1. The third-order valence-electron chi connectivity index (χ3n) is 3.68. The molecular weight excluding hydrogens is 360 g/mol. The predicted octanol–water partition coefficient (Wildman–Crippen LogP) is -0.423. The van der Waals surface area contributed by atoms with Gasteiger partial charge in [-0.2, -0.15) is 11.8 Å². The van der Waals surface area contributed by atoms with Crippen LogP contribution in [0.1, 0.15) is 45.4 Å². The van der Waals surface area contributed by atoms with Crippen LogP contribution < -0.4 is 22.1 Å². The summed E-state index contributed by atoms with van der Waals surface area (Å²) in [5.74, 6) is -2.88. The Morgan fingerprint density at radius 1 is 1.00 bits per heavy atom. The van der Waals surface area contributed by atoms with Gasteiger partial charge in [0.15, 0.2) is 0 Å². The van der Waals surface area contributed by atoms with Crippen molar-refractivity contribution in [2.24, 2.45) is 11.5 Å². The molecule has 0 spiro atoms. The molecule has 1 unspecified atom stereocenters. The van der Waals surface area contributed by atoms with E-state index in [0.717, 1.165) is 19.3 Å². The summed E-state index contributed by atoms with van der Waals surface area (Å²) >= 11 is 1.51. The zero-order chi connectivity index (χ0) is 20.1. The molecule has 10 heteroatoms. The molecule has 3 atom stereocenters. The zero-order valence-corrected chi connectivity index (χ0v) is 16.1. The van der Waals surface area contributed by atoms with Gasteiger partial charge in [-0.25, -0.2) is 0 Å². The lowest BCUT2D eigenvalue weighted by Crippen LogP contribution is -2.55. The molecule has 0 saturated heterocycles. The van der Waals surface area contributed by atoms with Crippen LogP contribution in [0.3, 0.4) is 0 Å². The van der Waals surface area contributed by atoms with E-state index in [-0.39, 0.29) is 0 Å². The fraction of sp³-hybridized carbons (Fsp3) is 0.750. The summed E-state index contributed by atoms with van der Waals surface area (Å²) in [7, 11) is 0. The summed E-state index contributed by atoms with van der Waals surface area (Å²) in [6.07, 6.45) is 4.64. The topological polar surface area (TPSA) is 165 Å². The molecule has 0 aliphatic carbocycles. The van der Waals surface area contributed by atoms with Crippen molar-refractivity contribution in [3.05, 3.63) is 0 Å². The summed E-state index contributed by atoms with van der Waals surface area (Å²) in [6, 6.07) is -3.12. The molecule has 0 rings (SSSR count). The SMILES string of the molecule is CCCCCC(N)C(=O)NC(=O)[C@H](CC(=O)O)NC(=O)[C@@H](N)CCSC. The van der Waals surface area contributed by atoms with Crippen LogP contribution in [0.4, 0.5) is 0 Å². The molecule has 0 fully saturated rings. The van der Waals surface area contributed by atoms with Crippen LogP contribution in [0, 0.1) is 0 Å². The van der Waals surface area contributed by atoms with E-state index in [1.165, 1.54) is 11.8 Å². The lowest BCUT2D eigenvalue weighted by Gasteiger charge is -2.20. The number of unbranched alkanes of at least 4 members (excludes halogenated alkanes) is 2. The third-order valence-corrected chi connectivity index (χ3v) is 4.33. The Balaban J connectivity index is 4.74. The minimum Gasteiger partial charge on any atom is -0.481 e. The van der Waals surface area contributed by atoms with Gasteiger partial charge in [0, 0.05) is 0 Å². The van der Waals surface area contributed by atoms with Crippen molar-refractivity contribution in [2.45, 2.75) is 63.6 Å². The number of carbonyl (C=O) groups is 4. The largest absolute Gasteiger partial charge is 0.481 e. The van der Waals surface area contributed by atoms with E-state index >= 15 is 0 Å². The van der Waals surface area contributed by atoms with E-state index in [1.54, 1.807) is 0 Å². The van der Waals surface area contributed by atoms with Gasteiger partial charge in [-0.05, 0) is 24.9 Å². The molecule has 0 aliphatic rings. The summed E-state index contributed by atoms with van der Waals surface area (Å²) in [5, 5.41) is 13.3. The van der Waals surface area contributed by atoms with Gasteiger partial charge in [0.05, 0.1) is 18.5 Å². The molecule has 150 valence electrons. The van der Waals surface area contributed by atoms with Crippen LogP contribution in [0.5, 0.6) is 0 Å². The molecular formula is C16H30N4O5S. The quantitative estimate of drug-likeness (QED) is 0.264. The molecule has 0 aliphatic heterocycles. The maximum Gasteiger partial charge on any atom is 0.305 e. The summed E-state index contributed by atoms with van der Waals surface area (Å²) < 4.78 is 0. The highest BCUT2D eigenvalue weighted by Gasteiger charge is 2.28. The maximum absolute atomic E-state index is 12.2. The van der Waals surface area contributed by atoms with E-state index in [1.807, 2.05) is 13.2 Å². The first-order valence-corrected chi connectivity index (χ1v) is 9.99. The Morgan fingerprint density at radius 2 is 1.62 bits per heavy atom. The molecule has 0 aromatic carbocycles. The van der Waals surface area contributed by atoms with E-state index < -0.39 is 48.2 Å². The summed E-state index contributed by atoms with van der Waals surface area (Å²) in [4.78, 5) is 47.1. The maximum atomic E-state index is 12.2. The van der Waals surface area contributed by atoms with E-state index in [9.17, 15) is 19.2 Å². The number of nitrogens with two attached hydrogens (primary N) is 2. The second kappa shape index (κ2) is 13.5. The second-order valence-corrected chi connectivity index (χ2v) is 6.99. The Kier molecular flexibility index (Phi) is 12.7. The van der Waals surface area contributed by atoms with E-state index in [4.69, 9.17) is 16.6 Å². The molecule has 26 heavy (non-hydrogen) atoms. The second-order valence-electron chi connectivity index (χ2n) is 6.00. The Bertz CT molecular complexity index is 489. The van der Waals surface area contributed by atoms with Crippen LogP contribution in [-0.2, 0) is 19.2 Å². The van der Waals surface area contributed by atoms with Gasteiger partial charge in [-0.1, -0.05) is 26.2 Å². The van der Waals surface area contributed by atoms with Gasteiger partial charge >= 0.3 is 5.97 Å². The van der Waals surface area contributed by atoms with Crippen LogP contribution >= 0.6 is 11.8 Å². The van der Waals surface area contributed by atoms with Crippen molar-refractivity contribution in [2.75, 3.05) is 12.0 Å².